The second-order valence-electron chi connectivity index (χ2n) is 9.60. The summed E-state index contributed by atoms with van der Waals surface area (Å²) in [6, 6.07) is 0. The van der Waals surface area contributed by atoms with E-state index in [9.17, 15) is 40.5 Å². The lowest BCUT2D eigenvalue weighted by Gasteiger charge is -2.44. The lowest BCUT2D eigenvalue weighted by molar-refractivity contribution is -0.384. The van der Waals surface area contributed by atoms with Crippen LogP contribution in [0, 0.1) is 0 Å². The molecule has 12 heteroatoms. The fourth-order valence-corrected chi connectivity index (χ4v) is 4.53. The standard InChI is InChI=1S/C24H44O12/c1-2-3-4-5-6-7-8-9-10-11-17(28)34-21-20(31)18(29)15(12-25)33-23(21)36-24(14-27)22(32)19(30)16(13-26)35-24/h15-16,18-23,25-27,29-32H,2-14H2,1H3/t15-,16-,18-,19-,20+,21-,22+,23+,24+/m1/s1. The maximum absolute atomic E-state index is 12.5. The molecule has 2 saturated heterocycles. The van der Waals surface area contributed by atoms with Gasteiger partial charge in [0, 0.05) is 6.42 Å². The molecule has 0 saturated carbocycles. The first kappa shape index (κ1) is 31.3. The lowest BCUT2D eigenvalue weighted by atomic mass is 9.98. The van der Waals surface area contributed by atoms with E-state index in [0.717, 1.165) is 25.7 Å². The molecular formula is C24H44O12. The molecule has 2 aliphatic heterocycles. The van der Waals surface area contributed by atoms with Crippen LogP contribution in [-0.4, -0.2) is 116 Å². The molecule has 0 radical (unpaired) electrons. The lowest BCUT2D eigenvalue weighted by Crippen LogP contribution is -2.63. The highest BCUT2D eigenvalue weighted by atomic mass is 16.8. The Kier molecular flexibility index (Phi) is 13.4. The van der Waals surface area contributed by atoms with Gasteiger partial charge in [0.1, 0.15) is 43.2 Å². The zero-order valence-corrected chi connectivity index (χ0v) is 21.0. The van der Waals surface area contributed by atoms with E-state index in [0.29, 0.717) is 6.42 Å². The molecule has 0 aliphatic carbocycles. The van der Waals surface area contributed by atoms with Crippen LogP contribution in [0.2, 0.25) is 0 Å². The van der Waals surface area contributed by atoms with Gasteiger partial charge >= 0.3 is 5.97 Å². The second kappa shape index (κ2) is 15.5. The van der Waals surface area contributed by atoms with Crippen molar-refractivity contribution in [1.29, 1.82) is 0 Å². The summed E-state index contributed by atoms with van der Waals surface area (Å²) in [5.74, 6) is -2.95. The Bertz CT molecular complexity index is 636. The highest BCUT2D eigenvalue weighted by Gasteiger charge is 2.59. The van der Waals surface area contributed by atoms with Gasteiger partial charge in [0.25, 0.3) is 0 Å². The van der Waals surface area contributed by atoms with E-state index < -0.39 is 80.6 Å². The smallest absolute Gasteiger partial charge is 0.306 e. The Morgan fingerprint density at radius 2 is 1.39 bits per heavy atom. The van der Waals surface area contributed by atoms with Crippen LogP contribution in [0.1, 0.15) is 71.1 Å². The number of unbranched alkanes of at least 4 members (excludes halogenated alkanes) is 8. The summed E-state index contributed by atoms with van der Waals surface area (Å²) in [6.07, 6.45) is -3.07. The molecule has 9 atom stereocenters. The topological polar surface area (TPSA) is 196 Å². The van der Waals surface area contributed by atoms with Crippen LogP contribution in [-0.2, 0) is 23.7 Å². The summed E-state index contributed by atoms with van der Waals surface area (Å²) in [7, 11) is 0. The number of carbonyl (C=O) groups is 1. The van der Waals surface area contributed by atoms with Crippen molar-refractivity contribution in [2.75, 3.05) is 19.8 Å². The van der Waals surface area contributed by atoms with Gasteiger partial charge in [-0.05, 0) is 6.42 Å². The summed E-state index contributed by atoms with van der Waals surface area (Å²) in [5.41, 5.74) is 0. The van der Waals surface area contributed by atoms with E-state index >= 15 is 0 Å². The van der Waals surface area contributed by atoms with Gasteiger partial charge in [-0.3, -0.25) is 4.79 Å². The zero-order chi connectivity index (χ0) is 26.7. The Morgan fingerprint density at radius 1 is 0.806 bits per heavy atom. The van der Waals surface area contributed by atoms with E-state index in [2.05, 4.69) is 6.92 Å². The van der Waals surface area contributed by atoms with E-state index in [-0.39, 0.29) is 6.42 Å². The van der Waals surface area contributed by atoms with Gasteiger partial charge in [0.05, 0.1) is 13.2 Å². The molecule has 12 nitrogen and oxygen atoms in total. The molecule has 0 aromatic rings. The van der Waals surface area contributed by atoms with Crippen molar-refractivity contribution >= 4 is 5.97 Å². The minimum Gasteiger partial charge on any atom is -0.454 e. The first-order valence-corrected chi connectivity index (χ1v) is 13.0. The average Bonchev–Trinajstić information content (AvgIpc) is 3.12. The first-order chi connectivity index (χ1) is 17.2. The second-order valence-corrected chi connectivity index (χ2v) is 9.60. The number of ether oxygens (including phenoxy) is 4. The van der Waals surface area contributed by atoms with Crippen molar-refractivity contribution < 1.29 is 59.5 Å². The summed E-state index contributed by atoms with van der Waals surface area (Å²) in [6.45, 7) is -0.213. The summed E-state index contributed by atoms with van der Waals surface area (Å²) < 4.78 is 21.8. The predicted molar refractivity (Wildman–Crippen MR) is 124 cm³/mol. The van der Waals surface area contributed by atoms with E-state index in [1.54, 1.807) is 0 Å². The van der Waals surface area contributed by atoms with Crippen LogP contribution in [0.15, 0.2) is 0 Å². The number of hydrogen-bond acceptors (Lipinski definition) is 12. The SMILES string of the molecule is CCCCCCCCCCCC(=O)O[C@H]1[C@H](O[C@]2(CO)O[C@H](CO)[C@@H](O)[C@@H]2O)O[C@H](CO)[C@@H](O)[C@@H]1O. The molecule has 0 aromatic carbocycles. The highest BCUT2D eigenvalue weighted by molar-refractivity contribution is 5.69. The molecule has 0 unspecified atom stereocenters. The third kappa shape index (κ3) is 8.03. The predicted octanol–water partition coefficient (Wildman–Crippen LogP) is -0.924. The Balaban J connectivity index is 1.96. The molecule has 0 spiro atoms. The minimum atomic E-state index is -2.28. The van der Waals surface area contributed by atoms with Crippen LogP contribution in [0.25, 0.3) is 0 Å². The fraction of sp³-hybridized carbons (Fsp3) is 0.958. The third-order valence-corrected chi connectivity index (χ3v) is 6.80. The van der Waals surface area contributed by atoms with E-state index in [4.69, 9.17) is 18.9 Å². The van der Waals surface area contributed by atoms with Crippen molar-refractivity contribution in [3.05, 3.63) is 0 Å². The van der Waals surface area contributed by atoms with Gasteiger partial charge in [0.15, 0.2) is 6.10 Å². The Labute approximate surface area is 211 Å². The largest absolute Gasteiger partial charge is 0.454 e. The van der Waals surface area contributed by atoms with Crippen LogP contribution in [0.4, 0.5) is 0 Å². The maximum Gasteiger partial charge on any atom is 0.306 e. The fourth-order valence-electron chi connectivity index (χ4n) is 4.53. The van der Waals surface area contributed by atoms with Crippen molar-refractivity contribution in [2.45, 2.75) is 126 Å². The van der Waals surface area contributed by atoms with Crippen molar-refractivity contribution in [2.24, 2.45) is 0 Å². The zero-order valence-electron chi connectivity index (χ0n) is 21.0. The van der Waals surface area contributed by atoms with Crippen LogP contribution >= 0.6 is 0 Å². The molecule has 2 heterocycles. The minimum absolute atomic E-state index is 0.0564. The number of aliphatic hydroxyl groups excluding tert-OH is 7. The number of aliphatic hydroxyl groups is 7. The van der Waals surface area contributed by atoms with E-state index in [1.807, 2.05) is 0 Å². The monoisotopic (exact) mass is 524 g/mol. The molecule has 2 aliphatic rings. The van der Waals surface area contributed by atoms with Crippen LogP contribution in [0.5, 0.6) is 0 Å². The van der Waals surface area contributed by atoms with Gasteiger partial charge in [-0.2, -0.15) is 0 Å². The number of hydrogen-bond donors (Lipinski definition) is 7. The molecule has 0 amide bonds. The summed E-state index contributed by atoms with van der Waals surface area (Å²) in [4.78, 5) is 12.5. The highest BCUT2D eigenvalue weighted by Crippen LogP contribution is 2.36. The van der Waals surface area contributed by atoms with Crippen LogP contribution < -0.4 is 0 Å². The van der Waals surface area contributed by atoms with Crippen molar-refractivity contribution in [1.82, 2.24) is 0 Å². The number of rotatable bonds is 16. The quantitative estimate of drug-likeness (QED) is 0.0970. The van der Waals surface area contributed by atoms with E-state index in [1.165, 1.54) is 25.7 Å². The van der Waals surface area contributed by atoms with Gasteiger partial charge in [-0.15, -0.1) is 0 Å². The Hall–Kier alpha value is -0.930. The molecule has 36 heavy (non-hydrogen) atoms. The number of esters is 1. The van der Waals surface area contributed by atoms with Crippen LogP contribution in [0.3, 0.4) is 0 Å². The number of carbonyl (C=O) groups excluding carboxylic acids is 1. The first-order valence-electron chi connectivity index (χ1n) is 13.0. The summed E-state index contributed by atoms with van der Waals surface area (Å²) >= 11 is 0. The van der Waals surface area contributed by atoms with Crippen molar-refractivity contribution in [3.63, 3.8) is 0 Å². The molecule has 0 aromatic heterocycles. The molecule has 212 valence electrons. The van der Waals surface area contributed by atoms with Gasteiger partial charge in [-0.25, -0.2) is 0 Å². The normalized spacial score (nSPS) is 36.8. The molecule has 2 fully saturated rings. The molecule has 7 N–H and O–H groups in total. The molecular weight excluding hydrogens is 480 g/mol. The molecule has 2 rings (SSSR count). The van der Waals surface area contributed by atoms with Gasteiger partial charge in [-0.1, -0.05) is 58.3 Å². The van der Waals surface area contributed by atoms with Gasteiger partial charge in [0.2, 0.25) is 12.1 Å². The Morgan fingerprint density at radius 3 is 1.92 bits per heavy atom. The summed E-state index contributed by atoms with van der Waals surface area (Å²) in [5, 5.41) is 70.1. The maximum atomic E-state index is 12.5. The average molecular weight is 525 g/mol. The van der Waals surface area contributed by atoms with Gasteiger partial charge < -0.3 is 54.7 Å². The van der Waals surface area contributed by atoms with Crippen molar-refractivity contribution in [3.8, 4) is 0 Å². The molecule has 0 bridgehead atoms. The third-order valence-electron chi connectivity index (χ3n) is 6.80.